The number of rotatable bonds is 6. The predicted octanol–water partition coefficient (Wildman–Crippen LogP) is 2.22. The standard InChI is InChI=1S/C16H17NO4S/c1-12-3-5-14(6-4-12)21-22(19)15-9-7-13(8-10-15)20-11-16(18)17-2/h3-10H,11H2,1-2H3,(H,17,18). The summed E-state index contributed by atoms with van der Waals surface area (Å²) in [7, 11) is 1.54. The van der Waals surface area contributed by atoms with E-state index in [9.17, 15) is 9.00 Å². The van der Waals surface area contributed by atoms with Crippen LogP contribution in [0.4, 0.5) is 0 Å². The van der Waals surface area contributed by atoms with Gasteiger partial charge in [-0.25, -0.2) is 4.21 Å². The average molecular weight is 319 g/mol. The Bertz CT molecular complexity index is 653. The first-order chi connectivity index (χ1) is 10.6. The van der Waals surface area contributed by atoms with Gasteiger partial charge in [-0.3, -0.25) is 4.79 Å². The van der Waals surface area contributed by atoms with Gasteiger partial charge in [0.15, 0.2) is 6.61 Å². The lowest BCUT2D eigenvalue weighted by Crippen LogP contribution is -2.24. The molecule has 22 heavy (non-hydrogen) atoms. The highest BCUT2D eigenvalue weighted by atomic mass is 32.2. The molecule has 0 saturated carbocycles. The van der Waals surface area contributed by atoms with Gasteiger partial charge in [0.05, 0.1) is 4.90 Å². The molecule has 6 heteroatoms. The smallest absolute Gasteiger partial charge is 0.257 e. The zero-order chi connectivity index (χ0) is 15.9. The summed E-state index contributed by atoms with van der Waals surface area (Å²) in [5.41, 5.74) is 1.11. The molecule has 2 rings (SSSR count). The van der Waals surface area contributed by atoms with Crippen LogP contribution in [0.3, 0.4) is 0 Å². The van der Waals surface area contributed by atoms with Crippen molar-refractivity contribution in [3.63, 3.8) is 0 Å². The average Bonchev–Trinajstić information content (AvgIpc) is 2.55. The highest BCUT2D eigenvalue weighted by molar-refractivity contribution is 7.80. The number of benzene rings is 2. The second kappa shape index (κ2) is 7.61. The highest BCUT2D eigenvalue weighted by Gasteiger charge is 2.07. The fraction of sp³-hybridized carbons (Fsp3) is 0.188. The largest absolute Gasteiger partial charge is 0.484 e. The van der Waals surface area contributed by atoms with Crippen molar-refractivity contribution in [1.29, 1.82) is 0 Å². The van der Waals surface area contributed by atoms with Gasteiger partial charge < -0.3 is 14.2 Å². The highest BCUT2D eigenvalue weighted by Crippen LogP contribution is 2.19. The summed E-state index contributed by atoms with van der Waals surface area (Å²) in [6.07, 6.45) is 0. The van der Waals surface area contributed by atoms with Gasteiger partial charge in [-0.05, 0) is 43.3 Å². The zero-order valence-corrected chi connectivity index (χ0v) is 13.2. The summed E-state index contributed by atoms with van der Waals surface area (Å²) in [6.45, 7) is 1.91. The summed E-state index contributed by atoms with van der Waals surface area (Å²) in [5.74, 6) is 0.860. The Labute approximate surface area is 131 Å². The van der Waals surface area contributed by atoms with Crippen LogP contribution in [0.25, 0.3) is 0 Å². The third kappa shape index (κ3) is 4.60. The molecule has 0 aliphatic rings. The Kier molecular flexibility index (Phi) is 5.55. The molecule has 1 N–H and O–H groups in total. The first kappa shape index (κ1) is 16.0. The van der Waals surface area contributed by atoms with Crippen molar-refractivity contribution in [2.45, 2.75) is 11.8 Å². The Morgan fingerprint density at radius 3 is 2.23 bits per heavy atom. The molecule has 0 fully saturated rings. The molecule has 0 aliphatic heterocycles. The lowest BCUT2D eigenvalue weighted by atomic mass is 10.2. The minimum absolute atomic E-state index is 0.0567. The Morgan fingerprint density at radius 1 is 1.05 bits per heavy atom. The SMILES string of the molecule is CNC(=O)COc1ccc(S(=O)Oc2ccc(C)cc2)cc1. The van der Waals surface area contributed by atoms with Gasteiger partial charge in [0.1, 0.15) is 11.5 Å². The van der Waals surface area contributed by atoms with Gasteiger partial charge in [-0.2, -0.15) is 0 Å². The number of nitrogens with one attached hydrogen (secondary N) is 1. The zero-order valence-electron chi connectivity index (χ0n) is 12.4. The van der Waals surface area contributed by atoms with Crippen LogP contribution in [-0.4, -0.2) is 23.8 Å². The summed E-state index contributed by atoms with van der Waals surface area (Å²) >= 11 is -1.60. The molecule has 1 atom stereocenters. The Morgan fingerprint density at radius 2 is 1.64 bits per heavy atom. The lowest BCUT2D eigenvalue weighted by Gasteiger charge is -2.07. The minimum Gasteiger partial charge on any atom is -0.484 e. The molecule has 0 aliphatic carbocycles. The van der Waals surface area contributed by atoms with Crippen LogP contribution in [-0.2, 0) is 15.9 Å². The molecular formula is C16H17NO4S. The predicted molar refractivity (Wildman–Crippen MR) is 84.2 cm³/mol. The van der Waals surface area contributed by atoms with Crippen LogP contribution >= 0.6 is 0 Å². The Hall–Kier alpha value is -2.34. The number of aryl methyl sites for hydroxylation is 1. The number of carbonyl (C=O) groups is 1. The molecule has 0 spiro atoms. The van der Waals surface area contributed by atoms with Gasteiger partial charge in [-0.1, -0.05) is 17.7 Å². The van der Waals surface area contributed by atoms with Crippen molar-refractivity contribution in [3.05, 3.63) is 54.1 Å². The number of hydrogen-bond donors (Lipinski definition) is 1. The van der Waals surface area contributed by atoms with Crippen LogP contribution in [0.2, 0.25) is 0 Å². The second-order valence-corrected chi connectivity index (χ2v) is 5.67. The van der Waals surface area contributed by atoms with Gasteiger partial charge >= 0.3 is 0 Å². The van der Waals surface area contributed by atoms with Crippen LogP contribution in [0.1, 0.15) is 5.56 Å². The fourth-order valence-electron chi connectivity index (χ4n) is 1.60. The summed E-state index contributed by atoms with van der Waals surface area (Å²) in [5, 5.41) is 2.46. The fourth-order valence-corrected chi connectivity index (χ4v) is 2.34. The molecular weight excluding hydrogens is 302 g/mol. The lowest BCUT2D eigenvalue weighted by molar-refractivity contribution is -0.122. The van der Waals surface area contributed by atoms with Crippen molar-refractivity contribution in [1.82, 2.24) is 5.32 Å². The molecule has 1 unspecified atom stereocenters. The van der Waals surface area contributed by atoms with Crippen molar-refractivity contribution < 1.29 is 17.9 Å². The van der Waals surface area contributed by atoms with Crippen molar-refractivity contribution in [3.8, 4) is 11.5 Å². The van der Waals surface area contributed by atoms with E-state index in [1.54, 1.807) is 43.4 Å². The van der Waals surface area contributed by atoms with E-state index in [1.165, 1.54) is 0 Å². The van der Waals surface area contributed by atoms with Crippen LogP contribution in [0.15, 0.2) is 53.4 Å². The van der Waals surface area contributed by atoms with E-state index in [-0.39, 0.29) is 12.5 Å². The summed E-state index contributed by atoms with van der Waals surface area (Å²) in [4.78, 5) is 11.6. The van der Waals surface area contributed by atoms with Crippen molar-refractivity contribution in [2.75, 3.05) is 13.7 Å². The first-order valence-corrected chi connectivity index (χ1v) is 7.76. The molecule has 0 saturated heterocycles. The molecule has 116 valence electrons. The number of carbonyl (C=O) groups excluding carboxylic acids is 1. The minimum atomic E-state index is -1.60. The van der Waals surface area contributed by atoms with Gasteiger partial charge in [0, 0.05) is 7.05 Å². The molecule has 0 heterocycles. The van der Waals surface area contributed by atoms with Crippen LogP contribution < -0.4 is 14.2 Å². The normalized spacial score (nSPS) is 11.5. The molecule has 2 aromatic carbocycles. The van der Waals surface area contributed by atoms with E-state index < -0.39 is 11.1 Å². The third-order valence-corrected chi connectivity index (χ3v) is 3.86. The number of likely N-dealkylation sites (N-methyl/N-ethyl adjacent to an activating group) is 1. The van der Waals surface area contributed by atoms with E-state index in [2.05, 4.69) is 5.32 Å². The van der Waals surface area contributed by atoms with E-state index in [0.29, 0.717) is 16.4 Å². The molecule has 2 aromatic rings. The maximum atomic E-state index is 12.1. The van der Waals surface area contributed by atoms with Crippen molar-refractivity contribution >= 4 is 17.0 Å². The van der Waals surface area contributed by atoms with E-state index in [4.69, 9.17) is 8.92 Å². The van der Waals surface area contributed by atoms with Gasteiger partial charge in [0.25, 0.3) is 5.91 Å². The third-order valence-electron chi connectivity index (χ3n) is 2.86. The Balaban J connectivity index is 1.96. The van der Waals surface area contributed by atoms with E-state index in [1.807, 2.05) is 19.1 Å². The molecule has 1 amide bonds. The number of amides is 1. The quantitative estimate of drug-likeness (QED) is 0.887. The molecule has 0 bridgehead atoms. The van der Waals surface area contributed by atoms with E-state index in [0.717, 1.165) is 5.56 Å². The first-order valence-electron chi connectivity index (χ1n) is 6.68. The van der Waals surface area contributed by atoms with E-state index >= 15 is 0 Å². The summed E-state index contributed by atoms with van der Waals surface area (Å²) in [6, 6.07) is 13.9. The van der Waals surface area contributed by atoms with Crippen LogP contribution in [0.5, 0.6) is 11.5 Å². The number of hydrogen-bond acceptors (Lipinski definition) is 4. The monoisotopic (exact) mass is 319 g/mol. The van der Waals surface area contributed by atoms with Crippen LogP contribution in [0, 0.1) is 6.92 Å². The van der Waals surface area contributed by atoms with Gasteiger partial charge in [-0.15, -0.1) is 0 Å². The summed E-state index contributed by atoms with van der Waals surface area (Å²) < 4.78 is 22.8. The maximum absolute atomic E-state index is 12.1. The topological polar surface area (TPSA) is 64.6 Å². The molecule has 0 radical (unpaired) electrons. The second-order valence-electron chi connectivity index (χ2n) is 4.56. The molecule has 5 nitrogen and oxygen atoms in total. The maximum Gasteiger partial charge on any atom is 0.257 e. The van der Waals surface area contributed by atoms with Gasteiger partial charge in [0.2, 0.25) is 11.1 Å². The molecule has 0 aromatic heterocycles. The van der Waals surface area contributed by atoms with Crippen molar-refractivity contribution in [2.24, 2.45) is 0 Å². The number of ether oxygens (including phenoxy) is 1.